The van der Waals surface area contributed by atoms with E-state index in [2.05, 4.69) is 41.2 Å². The Morgan fingerprint density at radius 2 is 2.05 bits per heavy atom. The van der Waals surface area contributed by atoms with Gasteiger partial charge < -0.3 is 14.8 Å². The van der Waals surface area contributed by atoms with E-state index >= 15 is 0 Å². The van der Waals surface area contributed by atoms with Crippen molar-refractivity contribution in [2.75, 3.05) is 20.3 Å². The van der Waals surface area contributed by atoms with Crippen LogP contribution in [0.1, 0.15) is 26.3 Å². The van der Waals surface area contributed by atoms with E-state index in [1.54, 1.807) is 7.11 Å². The lowest BCUT2D eigenvalue weighted by molar-refractivity contribution is 0.0479. The molecule has 0 aromatic heterocycles. The van der Waals surface area contributed by atoms with Crippen LogP contribution in [-0.4, -0.2) is 32.4 Å². The summed E-state index contributed by atoms with van der Waals surface area (Å²) in [6, 6.07) is 6.39. The van der Waals surface area contributed by atoms with Gasteiger partial charge in [0.25, 0.3) is 0 Å². The molecule has 0 saturated carbocycles. The maximum atomic E-state index is 5.72. The molecule has 1 N–H and O–H groups in total. The fourth-order valence-corrected chi connectivity index (χ4v) is 2.60. The van der Waals surface area contributed by atoms with Crippen LogP contribution in [0.3, 0.4) is 0 Å². The van der Waals surface area contributed by atoms with Gasteiger partial charge in [0.05, 0.1) is 13.2 Å². The predicted molar refractivity (Wildman–Crippen MR) is 83.0 cm³/mol. The summed E-state index contributed by atoms with van der Waals surface area (Å²) >= 11 is 3.51. The van der Waals surface area contributed by atoms with Crippen LogP contribution in [0.25, 0.3) is 0 Å². The Morgan fingerprint density at radius 3 is 2.63 bits per heavy atom. The minimum atomic E-state index is 0.175. The largest absolute Gasteiger partial charge is 0.496 e. The van der Waals surface area contributed by atoms with E-state index in [0.717, 1.165) is 29.8 Å². The molecule has 3 nitrogen and oxygen atoms in total. The number of methoxy groups -OCH3 is 1. The second-order valence-electron chi connectivity index (χ2n) is 4.48. The van der Waals surface area contributed by atoms with Crippen molar-refractivity contribution in [1.82, 2.24) is 5.32 Å². The molecule has 0 fully saturated rings. The van der Waals surface area contributed by atoms with E-state index in [9.17, 15) is 0 Å². The lowest BCUT2D eigenvalue weighted by Gasteiger charge is -2.25. The highest BCUT2D eigenvalue weighted by atomic mass is 79.9. The molecule has 0 aliphatic carbocycles. The van der Waals surface area contributed by atoms with Crippen LogP contribution in [0.5, 0.6) is 5.75 Å². The van der Waals surface area contributed by atoms with Crippen molar-refractivity contribution in [3.05, 3.63) is 28.2 Å². The Morgan fingerprint density at radius 1 is 1.32 bits per heavy atom. The summed E-state index contributed by atoms with van der Waals surface area (Å²) in [4.78, 5) is 0. The molecule has 0 spiro atoms. The van der Waals surface area contributed by atoms with Crippen molar-refractivity contribution in [3.8, 4) is 5.75 Å². The molecule has 2 unspecified atom stereocenters. The van der Waals surface area contributed by atoms with Crippen molar-refractivity contribution < 1.29 is 9.47 Å². The van der Waals surface area contributed by atoms with Gasteiger partial charge in [-0.25, -0.2) is 0 Å². The number of ether oxygens (including phenoxy) is 2. The first-order valence-corrected chi connectivity index (χ1v) is 7.59. The normalized spacial score (nSPS) is 14.2. The highest BCUT2D eigenvalue weighted by Gasteiger charge is 2.19. The van der Waals surface area contributed by atoms with Gasteiger partial charge in [0.2, 0.25) is 0 Å². The molecule has 2 atom stereocenters. The first-order chi connectivity index (χ1) is 9.12. The SMILES string of the molecule is CCNC(Cc1cc(Br)ccc1OC)C(C)OCC. The zero-order chi connectivity index (χ0) is 14.3. The topological polar surface area (TPSA) is 30.5 Å². The fraction of sp³-hybridized carbons (Fsp3) is 0.600. The Labute approximate surface area is 124 Å². The average Bonchev–Trinajstić information content (AvgIpc) is 2.39. The monoisotopic (exact) mass is 329 g/mol. The first-order valence-electron chi connectivity index (χ1n) is 6.79. The fourth-order valence-electron chi connectivity index (χ4n) is 2.19. The Balaban J connectivity index is 2.85. The van der Waals surface area contributed by atoms with Gasteiger partial charge >= 0.3 is 0 Å². The van der Waals surface area contributed by atoms with Crippen molar-refractivity contribution in [2.24, 2.45) is 0 Å². The predicted octanol–water partition coefficient (Wildman–Crippen LogP) is 3.40. The van der Waals surface area contributed by atoms with Gasteiger partial charge in [0.1, 0.15) is 5.75 Å². The van der Waals surface area contributed by atoms with Gasteiger partial charge in [0, 0.05) is 17.1 Å². The van der Waals surface area contributed by atoms with Gasteiger partial charge in [-0.05, 0) is 50.6 Å². The average molecular weight is 330 g/mol. The van der Waals surface area contributed by atoms with Crippen molar-refractivity contribution in [3.63, 3.8) is 0 Å². The number of hydrogen-bond donors (Lipinski definition) is 1. The summed E-state index contributed by atoms with van der Waals surface area (Å²) in [6.45, 7) is 7.92. The second-order valence-corrected chi connectivity index (χ2v) is 5.40. The summed E-state index contributed by atoms with van der Waals surface area (Å²) in [5.41, 5.74) is 1.19. The van der Waals surface area contributed by atoms with Gasteiger partial charge in [0.15, 0.2) is 0 Å². The number of nitrogens with one attached hydrogen (secondary N) is 1. The maximum absolute atomic E-state index is 5.72. The Bertz CT molecular complexity index is 384. The summed E-state index contributed by atoms with van der Waals surface area (Å²) in [5, 5.41) is 3.49. The van der Waals surface area contributed by atoms with Crippen LogP contribution in [0.2, 0.25) is 0 Å². The molecule has 1 rings (SSSR count). The third kappa shape index (κ3) is 5.13. The molecule has 4 heteroatoms. The smallest absolute Gasteiger partial charge is 0.122 e. The molecular formula is C15H24BrNO2. The molecule has 0 aliphatic rings. The van der Waals surface area contributed by atoms with Crippen LogP contribution in [-0.2, 0) is 11.2 Å². The zero-order valence-electron chi connectivity index (χ0n) is 12.2. The van der Waals surface area contributed by atoms with Crippen LogP contribution in [0.4, 0.5) is 0 Å². The summed E-state index contributed by atoms with van der Waals surface area (Å²) in [5.74, 6) is 0.926. The standard InChI is InChI=1S/C15H24BrNO2/c1-5-17-14(11(3)19-6-2)10-12-9-13(16)7-8-15(12)18-4/h7-9,11,14,17H,5-6,10H2,1-4H3. The Hall–Kier alpha value is -0.580. The molecule has 0 bridgehead atoms. The summed E-state index contributed by atoms with van der Waals surface area (Å²) in [7, 11) is 1.71. The molecule has 0 amide bonds. The van der Waals surface area contributed by atoms with Gasteiger partial charge in [-0.1, -0.05) is 22.9 Å². The quantitative estimate of drug-likeness (QED) is 0.792. The van der Waals surface area contributed by atoms with Crippen LogP contribution < -0.4 is 10.1 Å². The van der Waals surface area contributed by atoms with Crippen LogP contribution in [0, 0.1) is 0 Å². The number of rotatable bonds is 8. The molecule has 1 aromatic carbocycles. The van der Waals surface area contributed by atoms with Crippen molar-refractivity contribution >= 4 is 15.9 Å². The maximum Gasteiger partial charge on any atom is 0.122 e. The number of halogens is 1. The third-order valence-electron chi connectivity index (χ3n) is 3.14. The molecule has 1 aromatic rings. The lowest BCUT2D eigenvalue weighted by Crippen LogP contribution is -2.41. The number of benzene rings is 1. The van der Waals surface area contributed by atoms with E-state index in [0.29, 0.717) is 0 Å². The summed E-state index contributed by atoms with van der Waals surface area (Å²) < 4.78 is 12.2. The number of hydrogen-bond acceptors (Lipinski definition) is 3. The molecule has 0 saturated heterocycles. The van der Waals surface area contributed by atoms with Crippen molar-refractivity contribution in [2.45, 2.75) is 39.3 Å². The molecule has 0 heterocycles. The van der Waals surface area contributed by atoms with Crippen LogP contribution >= 0.6 is 15.9 Å². The van der Waals surface area contributed by atoms with E-state index in [1.807, 2.05) is 19.1 Å². The Kier molecular flexibility index (Phi) is 7.42. The van der Waals surface area contributed by atoms with E-state index < -0.39 is 0 Å². The van der Waals surface area contributed by atoms with E-state index in [-0.39, 0.29) is 12.1 Å². The van der Waals surface area contributed by atoms with Gasteiger partial charge in [-0.2, -0.15) is 0 Å². The molecular weight excluding hydrogens is 306 g/mol. The molecule has 19 heavy (non-hydrogen) atoms. The minimum absolute atomic E-state index is 0.175. The first kappa shape index (κ1) is 16.5. The highest BCUT2D eigenvalue weighted by molar-refractivity contribution is 9.10. The minimum Gasteiger partial charge on any atom is -0.496 e. The molecule has 0 aliphatic heterocycles. The van der Waals surface area contributed by atoms with E-state index in [1.165, 1.54) is 5.56 Å². The number of likely N-dealkylation sites (N-methyl/N-ethyl adjacent to an activating group) is 1. The van der Waals surface area contributed by atoms with Gasteiger partial charge in [-0.15, -0.1) is 0 Å². The zero-order valence-corrected chi connectivity index (χ0v) is 13.8. The van der Waals surface area contributed by atoms with Crippen molar-refractivity contribution in [1.29, 1.82) is 0 Å². The molecule has 0 radical (unpaired) electrons. The van der Waals surface area contributed by atoms with E-state index in [4.69, 9.17) is 9.47 Å². The second kappa shape index (κ2) is 8.56. The van der Waals surface area contributed by atoms with Gasteiger partial charge in [-0.3, -0.25) is 0 Å². The van der Waals surface area contributed by atoms with Crippen LogP contribution in [0.15, 0.2) is 22.7 Å². The summed E-state index contributed by atoms with van der Waals surface area (Å²) in [6.07, 6.45) is 1.06. The lowest BCUT2D eigenvalue weighted by atomic mass is 10.0. The third-order valence-corrected chi connectivity index (χ3v) is 3.64. The molecule has 108 valence electrons. The highest BCUT2D eigenvalue weighted by Crippen LogP contribution is 2.25.